The number of aromatic amines is 1. The molecule has 1 aromatic heterocycles. The Hall–Kier alpha value is -1.44. The van der Waals surface area contributed by atoms with Crippen molar-refractivity contribution in [3.63, 3.8) is 0 Å². The molecule has 0 saturated carbocycles. The van der Waals surface area contributed by atoms with Crippen molar-refractivity contribution in [2.45, 2.75) is 20.8 Å². The first kappa shape index (κ1) is 10.1. The number of hydrogen-bond donors (Lipinski definition) is 1. The van der Waals surface area contributed by atoms with Crippen LogP contribution in [0.4, 0.5) is 0 Å². The van der Waals surface area contributed by atoms with Gasteiger partial charge in [-0.3, -0.25) is 0 Å². The van der Waals surface area contributed by atoms with E-state index in [4.69, 9.17) is 0 Å². The van der Waals surface area contributed by atoms with Crippen molar-refractivity contribution in [1.29, 1.82) is 0 Å². The second-order valence-corrected chi connectivity index (χ2v) is 5.12. The summed E-state index contributed by atoms with van der Waals surface area (Å²) in [6.45, 7) is 10.8. The maximum atomic E-state index is 4.08. The van der Waals surface area contributed by atoms with Gasteiger partial charge in [-0.1, -0.05) is 27.4 Å². The molecule has 1 N–H and O–H groups in total. The van der Waals surface area contributed by atoms with E-state index in [0.29, 0.717) is 0 Å². The normalized spacial score (nSPS) is 16.4. The fourth-order valence-electron chi connectivity index (χ4n) is 1.95. The van der Waals surface area contributed by atoms with E-state index in [0.717, 1.165) is 11.4 Å². The molecule has 0 aliphatic carbocycles. The highest BCUT2D eigenvalue weighted by Gasteiger charge is 2.27. The van der Waals surface area contributed by atoms with Crippen LogP contribution in [-0.4, -0.2) is 16.9 Å². The van der Waals surface area contributed by atoms with Crippen molar-refractivity contribution >= 4 is 11.3 Å². The highest BCUT2D eigenvalue weighted by Crippen LogP contribution is 2.41. The second-order valence-electron chi connectivity index (χ2n) is 5.12. The first-order valence-corrected chi connectivity index (χ1v) is 5.23. The zero-order chi connectivity index (χ0) is 11.2. The lowest BCUT2D eigenvalue weighted by atomic mass is 9.81. The van der Waals surface area contributed by atoms with Gasteiger partial charge in [-0.05, 0) is 17.1 Å². The highest BCUT2D eigenvalue weighted by atomic mass is 15.1. The van der Waals surface area contributed by atoms with E-state index in [-0.39, 0.29) is 5.41 Å². The SMILES string of the molecule is C=C1c2[nH]ccc2C(C(C)(C)C)=CN1C. The summed E-state index contributed by atoms with van der Waals surface area (Å²) >= 11 is 0. The van der Waals surface area contributed by atoms with Crippen LogP contribution in [0.2, 0.25) is 0 Å². The molecule has 2 rings (SSSR count). The third-order valence-electron chi connectivity index (χ3n) is 2.88. The predicted octanol–water partition coefficient (Wildman–Crippen LogP) is 3.32. The summed E-state index contributed by atoms with van der Waals surface area (Å²) < 4.78 is 0. The van der Waals surface area contributed by atoms with Crippen molar-refractivity contribution < 1.29 is 0 Å². The summed E-state index contributed by atoms with van der Waals surface area (Å²) in [5.74, 6) is 0. The van der Waals surface area contributed by atoms with E-state index in [1.807, 2.05) is 13.2 Å². The molecule has 2 nitrogen and oxygen atoms in total. The molecule has 80 valence electrons. The van der Waals surface area contributed by atoms with Crippen LogP contribution < -0.4 is 0 Å². The van der Waals surface area contributed by atoms with E-state index >= 15 is 0 Å². The first-order chi connectivity index (χ1) is 6.91. The number of H-pyrrole nitrogens is 1. The minimum Gasteiger partial charge on any atom is -0.359 e. The molecule has 0 saturated heterocycles. The van der Waals surface area contributed by atoms with Gasteiger partial charge < -0.3 is 9.88 Å². The van der Waals surface area contributed by atoms with Gasteiger partial charge >= 0.3 is 0 Å². The Labute approximate surface area is 91.3 Å². The van der Waals surface area contributed by atoms with Crippen LogP contribution in [0.15, 0.2) is 25.0 Å². The molecule has 1 aromatic rings. The number of aromatic nitrogens is 1. The largest absolute Gasteiger partial charge is 0.359 e. The molecular weight excluding hydrogens is 184 g/mol. The van der Waals surface area contributed by atoms with Crippen LogP contribution in [0.1, 0.15) is 32.0 Å². The topological polar surface area (TPSA) is 19.0 Å². The summed E-state index contributed by atoms with van der Waals surface area (Å²) in [7, 11) is 2.04. The average Bonchev–Trinajstić information content (AvgIpc) is 2.57. The predicted molar refractivity (Wildman–Crippen MR) is 65.0 cm³/mol. The number of nitrogens with one attached hydrogen (secondary N) is 1. The quantitative estimate of drug-likeness (QED) is 0.683. The van der Waals surface area contributed by atoms with E-state index < -0.39 is 0 Å². The standard InChI is InChI=1S/C13H18N2/c1-9-12-10(6-7-14-12)11(8-15(9)5)13(2,3)4/h6-8,14H,1H2,2-5H3. The molecule has 0 amide bonds. The number of rotatable bonds is 0. The number of hydrogen-bond acceptors (Lipinski definition) is 1. The molecule has 2 heteroatoms. The van der Waals surface area contributed by atoms with E-state index in [2.05, 4.69) is 49.5 Å². The molecule has 1 aliphatic rings. The van der Waals surface area contributed by atoms with E-state index in [1.165, 1.54) is 11.1 Å². The van der Waals surface area contributed by atoms with Crippen LogP contribution in [0, 0.1) is 5.41 Å². The summed E-state index contributed by atoms with van der Waals surface area (Å²) in [6, 6.07) is 2.13. The maximum absolute atomic E-state index is 4.08. The van der Waals surface area contributed by atoms with Crippen molar-refractivity contribution in [2.75, 3.05) is 7.05 Å². The Morgan fingerprint density at radius 2 is 2.00 bits per heavy atom. The molecule has 0 atom stereocenters. The molecule has 0 radical (unpaired) electrons. The fraction of sp³-hybridized carbons (Fsp3) is 0.385. The van der Waals surface area contributed by atoms with Gasteiger partial charge in [0.25, 0.3) is 0 Å². The van der Waals surface area contributed by atoms with Crippen LogP contribution in [0.5, 0.6) is 0 Å². The van der Waals surface area contributed by atoms with Crippen molar-refractivity contribution in [2.24, 2.45) is 5.41 Å². The Morgan fingerprint density at radius 1 is 1.33 bits per heavy atom. The summed E-state index contributed by atoms with van der Waals surface area (Å²) in [5, 5.41) is 0. The average molecular weight is 202 g/mol. The third kappa shape index (κ3) is 1.50. The Kier molecular flexibility index (Phi) is 2.03. The van der Waals surface area contributed by atoms with E-state index in [9.17, 15) is 0 Å². The second kappa shape index (κ2) is 3.02. The molecule has 0 unspecified atom stereocenters. The van der Waals surface area contributed by atoms with Crippen molar-refractivity contribution in [1.82, 2.24) is 9.88 Å². The van der Waals surface area contributed by atoms with Crippen LogP contribution in [0.3, 0.4) is 0 Å². The van der Waals surface area contributed by atoms with Gasteiger partial charge in [0.15, 0.2) is 0 Å². The molecule has 0 spiro atoms. The molecule has 0 bridgehead atoms. The monoisotopic (exact) mass is 202 g/mol. The van der Waals surface area contributed by atoms with Crippen LogP contribution in [-0.2, 0) is 0 Å². The molecule has 15 heavy (non-hydrogen) atoms. The third-order valence-corrected chi connectivity index (χ3v) is 2.88. The summed E-state index contributed by atoms with van der Waals surface area (Å²) in [4.78, 5) is 5.34. The summed E-state index contributed by atoms with van der Waals surface area (Å²) in [5.41, 5.74) is 4.97. The van der Waals surface area contributed by atoms with Gasteiger partial charge in [0, 0.05) is 25.0 Å². The molecule has 0 fully saturated rings. The maximum Gasteiger partial charge on any atom is 0.0692 e. The minimum absolute atomic E-state index is 0.159. The van der Waals surface area contributed by atoms with Crippen molar-refractivity contribution in [3.8, 4) is 0 Å². The van der Waals surface area contributed by atoms with Crippen molar-refractivity contribution in [3.05, 3.63) is 36.3 Å². The smallest absolute Gasteiger partial charge is 0.0692 e. The minimum atomic E-state index is 0.159. The van der Waals surface area contributed by atoms with Gasteiger partial charge in [-0.25, -0.2) is 0 Å². The Morgan fingerprint density at radius 3 is 2.60 bits per heavy atom. The van der Waals surface area contributed by atoms with Gasteiger partial charge in [0.05, 0.1) is 11.4 Å². The fourth-order valence-corrected chi connectivity index (χ4v) is 1.95. The zero-order valence-corrected chi connectivity index (χ0v) is 9.89. The molecule has 1 aliphatic heterocycles. The molecular formula is C13H18N2. The molecule has 0 aromatic carbocycles. The first-order valence-electron chi connectivity index (χ1n) is 5.23. The lowest BCUT2D eigenvalue weighted by molar-refractivity contribution is 0.544. The van der Waals surface area contributed by atoms with Crippen LogP contribution in [0.25, 0.3) is 11.3 Å². The van der Waals surface area contributed by atoms with E-state index in [1.54, 1.807) is 0 Å². The lowest BCUT2D eigenvalue weighted by Gasteiger charge is -2.31. The number of fused-ring (bicyclic) bond motifs is 1. The van der Waals surface area contributed by atoms with Gasteiger partial charge in [-0.15, -0.1) is 0 Å². The number of nitrogens with zero attached hydrogens (tertiary/aromatic N) is 1. The van der Waals surface area contributed by atoms with Gasteiger partial charge in [0.2, 0.25) is 0 Å². The van der Waals surface area contributed by atoms with Gasteiger partial charge in [0.1, 0.15) is 0 Å². The number of allylic oxidation sites excluding steroid dienone is 1. The lowest BCUT2D eigenvalue weighted by Crippen LogP contribution is -2.20. The van der Waals surface area contributed by atoms with Gasteiger partial charge in [-0.2, -0.15) is 0 Å². The summed E-state index contributed by atoms with van der Waals surface area (Å²) in [6.07, 6.45) is 4.16. The highest BCUT2D eigenvalue weighted by molar-refractivity contribution is 5.83. The zero-order valence-electron chi connectivity index (χ0n) is 9.89. The molecule has 2 heterocycles. The Balaban J connectivity index is 2.60. The Bertz CT molecular complexity index is 430. The van der Waals surface area contributed by atoms with Crippen LogP contribution >= 0.6 is 0 Å².